The minimum atomic E-state index is -3.78. The number of carbonyl (C=O) groups excluding carboxylic acids is 1. The molecule has 1 aromatic heterocycles. The molecule has 0 aliphatic carbocycles. The summed E-state index contributed by atoms with van der Waals surface area (Å²) in [6.45, 7) is 0. The second-order valence-corrected chi connectivity index (χ2v) is 7.89. The van der Waals surface area contributed by atoms with E-state index in [9.17, 15) is 13.2 Å². The third-order valence-corrected chi connectivity index (χ3v) is 5.58. The van der Waals surface area contributed by atoms with Gasteiger partial charge in [0, 0.05) is 22.8 Å². The standard InChI is InChI=1S/C18H16N2O3S2/c1-24-12-16(21)13-7-9-15(10-8-13)20-25(22,23)17-6-2-4-14-5-3-11-19-18(14)17/h2-11,20H,12H2,1H3. The lowest BCUT2D eigenvalue weighted by Gasteiger charge is -2.10. The summed E-state index contributed by atoms with van der Waals surface area (Å²) in [6.07, 6.45) is 3.42. The van der Waals surface area contributed by atoms with Crippen LogP contribution >= 0.6 is 11.8 Å². The Hall–Kier alpha value is -2.38. The van der Waals surface area contributed by atoms with Gasteiger partial charge in [-0.1, -0.05) is 18.2 Å². The first-order valence-corrected chi connectivity index (χ1v) is 10.4. The van der Waals surface area contributed by atoms with Crippen LogP contribution in [0.1, 0.15) is 10.4 Å². The Morgan fingerprint density at radius 1 is 1.08 bits per heavy atom. The fourth-order valence-electron chi connectivity index (χ4n) is 2.44. The van der Waals surface area contributed by atoms with Crippen LogP contribution < -0.4 is 4.72 Å². The van der Waals surface area contributed by atoms with Crippen LogP contribution in [-0.4, -0.2) is 31.2 Å². The molecular formula is C18H16N2O3S2. The molecule has 25 heavy (non-hydrogen) atoms. The molecule has 128 valence electrons. The van der Waals surface area contributed by atoms with Crippen LogP contribution in [0.3, 0.4) is 0 Å². The number of Topliss-reactive ketones (excluding diaryl/α,β-unsaturated/α-hetero) is 1. The summed E-state index contributed by atoms with van der Waals surface area (Å²) in [6, 6.07) is 15.0. The van der Waals surface area contributed by atoms with Crippen molar-refractivity contribution in [2.24, 2.45) is 0 Å². The number of hydrogen-bond donors (Lipinski definition) is 1. The van der Waals surface area contributed by atoms with Crippen LogP contribution in [0.5, 0.6) is 0 Å². The van der Waals surface area contributed by atoms with Gasteiger partial charge in [0.1, 0.15) is 4.90 Å². The lowest BCUT2D eigenvalue weighted by Crippen LogP contribution is -2.14. The van der Waals surface area contributed by atoms with Gasteiger partial charge in [-0.15, -0.1) is 0 Å². The first kappa shape index (κ1) is 17.4. The normalized spacial score (nSPS) is 11.4. The number of carbonyl (C=O) groups is 1. The number of benzene rings is 2. The highest BCUT2D eigenvalue weighted by atomic mass is 32.2. The minimum absolute atomic E-state index is 0.0140. The maximum Gasteiger partial charge on any atom is 0.264 e. The molecule has 0 atom stereocenters. The lowest BCUT2D eigenvalue weighted by atomic mass is 10.1. The van der Waals surface area contributed by atoms with Crippen molar-refractivity contribution in [3.8, 4) is 0 Å². The van der Waals surface area contributed by atoms with E-state index in [2.05, 4.69) is 9.71 Å². The van der Waals surface area contributed by atoms with Crippen molar-refractivity contribution in [3.05, 3.63) is 66.4 Å². The zero-order chi connectivity index (χ0) is 17.9. The molecule has 3 rings (SSSR count). The minimum Gasteiger partial charge on any atom is -0.293 e. The Kier molecular flexibility index (Phi) is 5.06. The molecule has 2 aromatic carbocycles. The van der Waals surface area contributed by atoms with E-state index < -0.39 is 10.0 Å². The molecule has 0 radical (unpaired) electrons. The largest absolute Gasteiger partial charge is 0.293 e. The number of nitrogens with one attached hydrogen (secondary N) is 1. The first-order chi connectivity index (χ1) is 12.0. The maximum absolute atomic E-state index is 12.7. The molecule has 3 aromatic rings. The number of para-hydroxylation sites is 1. The summed E-state index contributed by atoms with van der Waals surface area (Å²) >= 11 is 1.45. The van der Waals surface area contributed by atoms with E-state index in [1.807, 2.05) is 18.4 Å². The van der Waals surface area contributed by atoms with Gasteiger partial charge in [-0.25, -0.2) is 8.42 Å². The molecule has 0 saturated carbocycles. The number of nitrogens with zero attached hydrogens (tertiary/aromatic N) is 1. The zero-order valence-electron chi connectivity index (χ0n) is 13.5. The van der Waals surface area contributed by atoms with E-state index in [0.29, 0.717) is 22.5 Å². The van der Waals surface area contributed by atoms with Gasteiger partial charge in [0.25, 0.3) is 10.0 Å². The average molecular weight is 372 g/mol. The van der Waals surface area contributed by atoms with Gasteiger partial charge in [0.05, 0.1) is 11.3 Å². The number of hydrogen-bond acceptors (Lipinski definition) is 5. The van der Waals surface area contributed by atoms with Gasteiger partial charge >= 0.3 is 0 Å². The molecule has 0 aliphatic heterocycles. The molecule has 0 bridgehead atoms. The molecule has 5 nitrogen and oxygen atoms in total. The van der Waals surface area contributed by atoms with Crippen LogP contribution in [0, 0.1) is 0 Å². The summed E-state index contributed by atoms with van der Waals surface area (Å²) in [7, 11) is -3.78. The number of pyridine rings is 1. The van der Waals surface area contributed by atoms with Crippen LogP contribution in [0.15, 0.2) is 65.7 Å². The summed E-state index contributed by atoms with van der Waals surface area (Å²) in [5.74, 6) is 0.410. The smallest absolute Gasteiger partial charge is 0.264 e. The predicted molar refractivity (Wildman–Crippen MR) is 102 cm³/mol. The number of thioether (sulfide) groups is 1. The van der Waals surface area contributed by atoms with Gasteiger partial charge in [0.2, 0.25) is 0 Å². The second-order valence-electron chi connectivity index (χ2n) is 5.37. The van der Waals surface area contributed by atoms with E-state index in [1.165, 1.54) is 17.8 Å². The van der Waals surface area contributed by atoms with Crippen molar-refractivity contribution in [1.29, 1.82) is 0 Å². The summed E-state index contributed by atoms with van der Waals surface area (Å²) < 4.78 is 28.0. The number of rotatable bonds is 6. The fourth-order valence-corrected chi connectivity index (χ4v) is 4.11. The molecule has 7 heteroatoms. The monoisotopic (exact) mass is 372 g/mol. The Bertz CT molecular complexity index is 1010. The van der Waals surface area contributed by atoms with Crippen molar-refractivity contribution in [2.75, 3.05) is 16.7 Å². The van der Waals surface area contributed by atoms with Gasteiger partial charge < -0.3 is 0 Å². The topological polar surface area (TPSA) is 76.1 Å². The third kappa shape index (κ3) is 3.83. The van der Waals surface area contributed by atoms with Crippen molar-refractivity contribution in [1.82, 2.24) is 4.98 Å². The quantitative estimate of drug-likeness (QED) is 0.669. The van der Waals surface area contributed by atoms with Crippen molar-refractivity contribution < 1.29 is 13.2 Å². The first-order valence-electron chi connectivity index (χ1n) is 7.50. The van der Waals surface area contributed by atoms with Crippen LogP contribution in [0.4, 0.5) is 5.69 Å². The molecule has 0 spiro atoms. The fraction of sp³-hybridized carbons (Fsp3) is 0.111. The molecule has 0 amide bonds. The van der Waals surface area contributed by atoms with Crippen molar-refractivity contribution in [2.45, 2.75) is 4.90 Å². The summed E-state index contributed by atoms with van der Waals surface area (Å²) in [5, 5.41) is 0.753. The Labute approximate surface area is 150 Å². The number of aromatic nitrogens is 1. The highest BCUT2D eigenvalue weighted by Gasteiger charge is 2.18. The molecule has 0 aliphatic rings. The molecular weight excluding hydrogens is 356 g/mol. The second kappa shape index (κ2) is 7.25. The number of ketones is 1. The SMILES string of the molecule is CSCC(=O)c1ccc(NS(=O)(=O)c2cccc3cccnc23)cc1. The Morgan fingerprint density at radius 3 is 2.52 bits per heavy atom. The van der Waals surface area contributed by atoms with Gasteiger partial charge in [-0.2, -0.15) is 11.8 Å². The predicted octanol–water partition coefficient (Wildman–Crippen LogP) is 3.58. The zero-order valence-corrected chi connectivity index (χ0v) is 15.1. The van der Waals surface area contributed by atoms with E-state index in [4.69, 9.17) is 0 Å². The number of fused-ring (bicyclic) bond motifs is 1. The van der Waals surface area contributed by atoms with Crippen molar-refractivity contribution in [3.63, 3.8) is 0 Å². The molecule has 0 fully saturated rings. The highest BCUT2D eigenvalue weighted by molar-refractivity contribution is 7.99. The number of anilines is 1. The van der Waals surface area contributed by atoms with Crippen LogP contribution in [0.25, 0.3) is 10.9 Å². The van der Waals surface area contributed by atoms with E-state index in [1.54, 1.807) is 42.6 Å². The Morgan fingerprint density at radius 2 is 1.80 bits per heavy atom. The average Bonchev–Trinajstić information content (AvgIpc) is 2.61. The van der Waals surface area contributed by atoms with Crippen molar-refractivity contribution >= 4 is 44.2 Å². The molecule has 1 heterocycles. The van der Waals surface area contributed by atoms with Gasteiger partial charge in [-0.3, -0.25) is 14.5 Å². The Balaban J connectivity index is 1.90. The van der Waals surface area contributed by atoms with E-state index in [0.717, 1.165) is 5.39 Å². The molecule has 1 N–H and O–H groups in total. The van der Waals surface area contributed by atoms with Crippen LogP contribution in [-0.2, 0) is 10.0 Å². The molecule has 0 saturated heterocycles. The highest BCUT2D eigenvalue weighted by Crippen LogP contribution is 2.23. The van der Waals surface area contributed by atoms with Crippen LogP contribution in [0.2, 0.25) is 0 Å². The van der Waals surface area contributed by atoms with Gasteiger partial charge in [-0.05, 0) is 42.7 Å². The summed E-state index contributed by atoms with van der Waals surface area (Å²) in [4.78, 5) is 16.1. The molecule has 0 unspecified atom stereocenters. The van der Waals surface area contributed by atoms with Gasteiger partial charge in [0.15, 0.2) is 5.78 Å². The number of sulfonamides is 1. The van der Waals surface area contributed by atoms with E-state index >= 15 is 0 Å². The maximum atomic E-state index is 12.7. The van der Waals surface area contributed by atoms with E-state index in [-0.39, 0.29) is 10.7 Å². The summed E-state index contributed by atoms with van der Waals surface area (Å²) in [5.41, 5.74) is 1.38. The third-order valence-electron chi connectivity index (χ3n) is 3.62. The lowest BCUT2D eigenvalue weighted by molar-refractivity contribution is 0.102.